The van der Waals surface area contributed by atoms with Crippen LogP contribution in [0.2, 0.25) is 25.7 Å². The Bertz CT molecular complexity index is 1270. The third-order valence-corrected chi connectivity index (χ3v) is 7.11. The highest BCUT2D eigenvalue weighted by Gasteiger charge is 2.18. The monoisotopic (exact) mass is 430 g/mol. The van der Waals surface area contributed by atoms with E-state index in [0.29, 0.717) is 19.0 Å². The Labute approximate surface area is 182 Å². The summed E-state index contributed by atoms with van der Waals surface area (Å²) in [6, 6.07) is 14.9. The summed E-state index contributed by atoms with van der Waals surface area (Å²) in [7, 11) is -1.18. The molecule has 3 aromatic heterocycles. The van der Waals surface area contributed by atoms with Gasteiger partial charge in [-0.3, -0.25) is 4.57 Å². The summed E-state index contributed by atoms with van der Waals surface area (Å²) in [6.45, 7) is 8.11. The van der Waals surface area contributed by atoms with E-state index in [1.165, 1.54) is 0 Å². The van der Waals surface area contributed by atoms with Crippen molar-refractivity contribution in [2.45, 2.75) is 39.0 Å². The van der Waals surface area contributed by atoms with Crippen molar-refractivity contribution in [1.29, 1.82) is 5.26 Å². The van der Waals surface area contributed by atoms with Gasteiger partial charge in [-0.05, 0) is 34.9 Å². The van der Waals surface area contributed by atoms with E-state index in [-0.39, 0.29) is 6.61 Å². The molecule has 7 heteroatoms. The van der Waals surface area contributed by atoms with Gasteiger partial charge in [0.05, 0.1) is 18.3 Å². The van der Waals surface area contributed by atoms with Gasteiger partial charge in [0.15, 0.2) is 0 Å². The van der Waals surface area contributed by atoms with Crippen molar-refractivity contribution in [3.63, 3.8) is 0 Å². The summed E-state index contributed by atoms with van der Waals surface area (Å²) in [5.74, 6) is 0. The van der Waals surface area contributed by atoms with E-state index in [2.05, 4.69) is 35.7 Å². The third-order valence-electron chi connectivity index (χ3n) is 5.41. The zero-order valence-corrected chi connectivity index (χ0v) is 19.1. The summed E-state index contributed by atoms with van der Waals surface area (Å²) in [5.41, 5.74) is 4.99. The molecular weight excluding hydrogens is 404 g/mol. The fourth-order valence-electron chi connectivity index (χ4n) is 3.65. The normalized spacial score (nSPS) is 11.8. The van der Waals surface area contributed by atoms with Gasteiger partial charge in [0.1, 0.15) is 24.1 Å². The van der Waals surface area contributed by atoms with Crippen molar-refractivity contribution in [2.75, 3.05) is 6.61 Å². The molecule has 0 aliphatic heterocycles. The maximum atomic E-state index is 9.39. The van der Waals surface area contributed by atoms with Crippen LogP contribution in [0, 0.1) is 11.3 Å². The minimum absolute atomic E-state index is 0.0112. The van der Waals surface area contributed by atoms with Crippen LogP contribution < -0.4 is 0 Å². The van der Waals surface area contributed by atoms with Gasteiger partial charge in [-0.1, -0.05) is 43.9 Å². The summed E-state index contributed by atoms with van der Waals surface area (Å²) in [6.07, 6.45) is 3.53. The van der Waals surface area contributed by atoms with Gasteiger partial charge in [0.2, 0.25) is 0 Å². The predicted octanol–water partition coefficient (Wildman–Crippen LogP) is 4.93. The van der Waals surface area contributed by atoms with Gasteiger partial charge < -0.3 is 9.84 Å². The second-order valence-electron chi connectivity index (χ2n) is 8.89. The maximum Gasteiger partial charge on any atom is 0.143 e. The quantitative estimate of drug-likeness (QED) is 0.332. The third kappa shape index (κ3) is 4.37. The van der Waals surface area contributed by atoms with E-state index in [1.54, 1.807) is 12.4 Å². The molecule has 0 atom stereocenters. The summed E-state index contributed by atoms with van der Waals surface area (Å²) >= 11 is 0. The molecule has 0 unspecified atom stereocenters. The van der Waals surface area contributed by atoms with Crippen LogP contribution in [0.15, 0.2) is 48.8 Å². The Morgan fingerprint density at radius 2 is 1.90 bits per heavy atom. The number of nitrogens with zero attached hydrogens (tertiary/aromatic N) is 4. The van der Waals surface area contributed by atoms with Crippen molar-refractivity contribution in [3.8, 4) is 17.2 Å². The molecule has 4 aromatic rings. The number of ether oxygens (including phenoxy) is 1. The van der Waals surface area contributed by atoms with Crippen LogP contribution in [0.25, 0.3) is 33.1 Å². The van der Waals surface area contributed by atoms with E-state index < -0.39 is 8.07 Å². The number of hydrogen-bond donors (Lipinski definition) is 1. The smallest absolute Gasteiger partial charge is 0.143 e. The lowest BCUT2D eigenvalue weighted by atomic mass is 10.0. The second-order valence-corrected chi connectivity index (χ2v) is 14.5. The average Bonchev–Trinajstić information content (AvgIpc) is 3.09. The Kier molecular flexibility index (Phi) is 5.87. The van der Waals surface area contributed by atoms with Gasteiger partial charge in [-0.2, -0.15) is 5.26 Å². The molecule has 0 saturated carbocycles. The van der Waals surface area contributed by atoms with Crippen LogP contribution in [-0.4, -0.2) is 34.3 Å². The van der Waals surface area contributed by atoms with Crippen molar-refractivity contribution in [3.05, 3.63) is 60.0 Å². The topological polar surface area (TPSA) is 84.0 Å². The highest BCUT2D eigenvalue weighted by atomic mass is 28.3. The maximum absolute atomic E-state index is 9.39. The average molecular weight is 431 g/mol. The van der Waals surface area contributed by atoms with Crippen LogP contribution >= 0.6 is 0 Å². The van der Waals surface area contributed by atoms with E-state index in [0.717, 1.165) is 44.7 Å². The van der Waals surface area contributed by atoms with Gasteiger partial charge in [-0.25, -0.2) is 9.97 Å². The lowest BCUT2D eigenvalue weighted by Gasteiger charge is -2.16. The Morgan fingerprint density at radius 3 is 2.58 bits per heavy atom. The summed E-state index contributed by atoms with van der Waals surface area (Å²) < 4.78 is 8.08. The lowest BCUT2D eigenvalue weighted by Crippen LogP contribution is -2.22. The van der Waals surface area contributed by atoms with Crippen LogP contribution in [-0.2, 0) is 18.1 Å². The highest BCUT2D eigenvalue weighted by Crippen LogP contribution is 2.35. The predicted molar refractivity (Wildman–Crippen MR) is 125 cm³/mol. The molecule has 0 radical (unpaired) electrons. The van der Waals surface area contributed by atoms with Gasteiger partial charge >= 0.3 is 0 Å². The molecule has 31 heavy (non-hydrogen) atoms. The van der Waals surface area contributed by atoms with E-state index in [9.17, 15) is 10.4 Å². The molecule has 158 valence electrons. The number of fused-ring (bicyclic) bond motifs is 3. The van der Waals surface area contributed by atoms with E-state index in [4.69, 9.17) is 4.74 Å². The molecule has 0 fully saturated rings. The van der Waals surface area contributed by atoms with Gasteiger partial charge in [-0.15, -0.1) is 0 Å². The van der Waals surface area contributed by atoms with Crippen molar-refractivity contribution in [2.24, 2.45) is 0 Å². The first-order chi connectivity index (χ1) is 14.9. The standard InChI is InChI=1S/C24H26N4O2Si/c1-31(2,3)11-10-30-16-28-22-14-27-19(13-25)12-21(22)23-20(8-9-26-24(23)28)18-6-4-17(15-29)5-7-18/h4-9,12,14,29H,10-11,15-16H2,1-3H3. The summed E-state index contributed by atoms with van der Waals surface area (Å²) in [4.78, 5) is 8.95. The van der Waals surface area contributed by atoms with Crippen LogP contribution in [0.3, 0.4) is 0 Å². The molecule has 6 nitrogen and oxygen atoms in total. The number of pyridine rings is 2. The first kappa shape index (κ1) is 21.2. The minimum atomic E-state index is -1.18. The van der Waals surface area contributed by atoms with E-state index in [1.807, 2.05) is 41.0 Å². The van der Waals surface area contributed by atoms with Crippen LogP contribution in [0.1, 0.15) is 11.3 Å². The highest BCUT2D eigenvalue weighted by molar-refractivity contribution is 6.76. The molecule has 0 amide bonds. The van der Waals surface area contributed by atoms with Crippen LogP contribution in [0.5, 0.6) is 0 Å². The fourth-order valence-corrected chi connectivity index (χ4v) is 4.41. The van der Waals surface area contributed by atoms with Gasteiger partial charge in [0, 0.05) is 31.7 Å². The molecule has 0 aliphatic rings. The number of aliphatic hydroxyl groups excluding tert-OH is 1. The zero-order chi connectivity index (χ0) is 22.0. The number of aromatic nitrogens is 3. The Hall–Kier alpha value is -3.05. The second kappa shape index (κ2) is 8.59. The number of rotatable bonds is 7. The SMILES string of the molecule is C[Si](C)(C)CCOCn1c2cnc(C#N)cc2c2c(-c3ccc(CO)cc3)ccnc21. The number of hydrogen-bond acceptors (Lipinski definition) is 5. The lowest BCUT2D eigenvalue weighted by molar-refractivity contribution is 0.0925. The molecule has 3 heterocycles. The Balaban J connectivity index is 1.84. The molecule has 4 rings (SSSR count). The number of benzene rings is 1. The first-order valence-electron chi connectivity index (χ1n) is 10.4. The van der Waals surface area contributed by atoms with Crippen molar-refractivity contribution >= 4 is 30.0 Å². The number of nitriles is 1. The van der Waals surface area contributed by atoms with Crippen LogP contribution in [0.4, 0.5) is 0 Å². The van der Waals surface area contributed by atoms with Gasteiger partial charge in [0.25, 0.3) is 0 Å². The molecule has 0 saturated heterocycles. The molecule has 1 aromatic carbocycles. The fraction of sp³-hybridized carbons (Fsp3) is 0.292. The van der Waals surface area contributed by atoms with Crippen molar-refractivity contribution in [1.82, 2.24) is 14.5 Å². The number of aliphatic hydroxyl groups is 1. The Morgan fingerprint density at radius 1 is 1.13 bits per heavy atom. The van der Waals surface area contributed by atoms with Crippen molar-refractivity contribution < 1.29 is 9.84 Å². The molecule has 0 spiro atoms. The minimum Gasteiger partial charge on any atom is -0.392 e. The zero-order valence-electron chi connectivity index (χ0n) is 18.1. The largest absolute Gasteiger partial charge is 0.392 e. The summed E-state index contributed by atoms with van der Waals surface area (Å²) in [5, 5.41) is 20.7. The molecule has 1 N–H and O–H groups in total. The first-order valence-corrected chi connectivity index (χ1v) is 14.1. The van der Waals surface area contributed by atoms with E-state index >= 15 is 0 Å². The molecule has 0 aliphatic carbocycles. The molecular formula is C24H26N4O2Si. The molecule has 0 bridgehead atoms.